The Hall–Kier alpha value is -0.230. The molecule has 0 saturated heterocycles. The van der Waals surface area contributed by atoms with Crippen LogP contribution in [0.15, 0.2) is 10.7 Å². The van der Waals surface area contributed by atoms with Gasteiger partial charge < -0.3 is 0 Å². The van der Waals surface area contributed by atoms with Gasteiger partial charge in [0.15, 0.2) is 5.69 Å². The van der Waals surface area contributed by atoms with E-state index in [0.29, 0.717) is 0 Å². The molecule has 1 aromatic rings. The second-order valence-electron chi connectivity index (χ2n) is 1.98. The van der Waals surface area contributed by atoms with Crippen molar-refractivity contribution in [1.82, 2.24) is 9.78 Å². The maximum Gasteiger partial charge on any atom is 0.436 e. The molecule has 0 spiro atoms. The van der Waals surface area contributed by atoms with Crippen molar-refractivity contribution < 1.29 is 13.2 Å². The van der Waals surface area contributed by atoms with Crippen molar-refractivity contribution in [2.24, 2.45) is 0 Å². The summed E-state index contributed by atoms with van der Waals surface area (Å²) in [7, 11) is 0. The first-order chi connectivity index (χ1) is 5.45. The van der Waals surface area contributed by atoms with E-state index < -0.39 is 11.9 Å². The van der Waals surface area contributed by atoms with Gasteiger partial charge >= 0.3 is 6.18 Å². The third-order valence-electron chi connectivity index (χ3n) is 1.11. The summed E-state index contributed by atoms with van der Waals surface area (Å²) in [4.78, 5) is 0. The van der Waals surface area contributed by atoms with Gasteiger partial charge in [-0.1, -0.05) is 0 Å². The number of halogens is 5. The summed E-state index contributed by atoms with van der Waals surface area (Å²) >= 11 is 8.01. The van der Waals surface area contributed by atoms with Crippen LogP contribution in [0.4, 0.5) is 13.2 Å². The van der Waals surface area contributed by atoms with Crippen molar-refractivity contribution >= 4 is 27.5 Å². The Morgan fingerprint density at radius 1 is 1.58 bits per heavy atom. The van der Waals surface area contributed by atoms with Gasteiger partial charge in [-0.15, -0.1) is 11.6 Å². The predicted molar refractivity (Wildman–Crippen MR) is 40.8 cm³/mol. The first-order valence-electron chi connectivity index (χ1n) is 2.81. The molecule has 68 valence electrons. The van der Waals surface area contributed by atoms with Crippen LogP contribution < -0.4 is 0 Å². The molecule has 0 aliphatic rings. The summed E-state index contributed by atoms with van der Waals surface area (Å²) < 4.78 is 37.0. The average molecular weight is 263 g/mol. The van der Waals surface area contributed by atoms with Crippen LogP contribution in [0.2, 0.25) is 0 Å². The molecule has 0 fully saturated rings. The van der Waals surface area contributed by atoms with E-state index in [9.17, 15) is 13.2 Å². The highest BCUT2D eigenvalue weighted by Gasteiger charge is 2.36. The Balaban J connectivity index is 3.08. The summed E-state index contributed by atoms with van der Waals surface area (Å²) in [6, 6.07) is -0.102. The highest BCUT2D eigenvalue weighted by molar-refractivity contribution is 9.10. The van der Waals surface area contributed by atoms with E-state index in [1.165, 1.54) is 6.20 Å². The molecule has 1 heterocycles. The van der Waals surface area contributed by atoms with E-state index >= 15 is 0 Å². The van der Waals surface area contributed by atoms with Crippen LogP contribution in [-0.4, -0.2) is 9.78 Å². The minimum atomic E-state index is -4.43. The molecule has 0 bridgehead atoms. The number of nitrogens with zero attached hydrogens (tertiary/aromatic N) is 2. The lowest BCUT2D eigenvalue weighted by Gasteiger charge is -2.01. The van der Waals surface area contributed by atoms with E-state index in [1.807, 2.05) is 0 Å². The van der Waals surface area contributed by atoms with Crippen molar-refractivity contribution in [2.45, 2.75) is 12.2 Å². The van der Waals surface area contributed by atoms with E-state index in [2.05, 4.69) is 21.0 Å². The summed E-state index contributed by atoms with van der Waals surface area (Å²) in [5, 5.41) is 3.21. The van der Waals surface area contributed by atoms with Gasteiger partial charge in [0.25, 0.3) is 0 Å². The molecule has 12 heavy (non-hydrogen) atoms. The minimum absolute atomic E-state index is 0.101. The maximum absolute atomic E-state index is 12.0. The minimum Gasteiger partial charge on any atom is -0.256 e. The number of rotatable bonds is 1. The third-order valence-corrected chi connectivity index (χ3v) is 1.93. The van der Waals surface area contributed by atoms with Gasteiger partial charge in [0.2, 0.25) is 0 Å². The fourth-order valence-corrected chi connectivity index (χ4v) is 1.31. The van der Waals surface area contributed by atoms with Crippen molar-refractivity contribution in [1.29, 1.82) is 0 Å². The van der Waals surface area contributed by atoms with Crippen LogP contribution in [0, 0.1) is 0 Å². The molecule has 0 saturated carbocycles. The second kappa shape index (κ2) is 3.26. The first kappa shape index (κ1) is 9.85. The molecule has 2 nitrogen and oxygen atoms in total. The molecule has 0 N–H and O–H groups in total. The quantitative estimate of drug-likeness (QED) is 0.712. The van der Waals surface area contributed by atoms with E-state index in [4.69, 9.17) is 11.6 Å². The molecule has 0 amide bonds. The highest BCUT2D eigenvalue weighted by Crippen LogP contribution is 2.33. The van der Waals surface area contributed by atoms with Gasteiger partial charge in [0.05, 0.1) is 4.47 Å². The first-order valence-corrected chi connectivity index (χ1v) is 4.14. The average Bonchev–Trinajstić information content (AvgIpc) is 2.29. The van der Waals surface area contributed by atoms with Crippen LogP contribution >= 0.6 is 27.5 Å². The van der Waals surface area contributed by atoms with Crippen LogP contribution in [0.3, 0.4) is 0 Å². The molecular weight excluding hydrogens is 260 g/mol. The Labute approximate surface area is 79.4 Å². The van der Waals surface area contributed by atoms with Crippen molar-refractivity contribution in [3.05, 3.63) is 16.4 Å². The largest absolute Gasteiger partial charge is 0.436 e. The fraction of sp³-hybridized carbons (Fsp3) is 0.400. The highest BCUT2D eigenvalue weighted by atomic mass is 79.9. The lowest BCUT2D eigenvalue weighted by atomic mass is 10.4. The zero-order chi connectivity index (χ0) is 9.35. The van der Waals surface area contributed by atoms with Crippen molar-refractivity contribution in [2.75, 3.05) is 0 Å². The standard InChI is InChI=1S/C5H3BrClF3N2/c6-3-1-12(2-7)11-4(3)5(8,9)10/h1H,2H2. The Morgan fingerprint density at radius 3 is 2.42 bits per heavy atom. The Morgan fingerprint density at radius 2 is 2.17 bits per heavy atom. The van der Waals surface area contributed by atoms with Crippen LogP contribution in [-0.2, 0) is 12.2 Å². The molecular formula is C5H3BrClF3N2. The smallest absolute Gasteiger partial charge is 0.256 e. The lowest BCUT2D eigenvalue weighted by Crippen LogP contribution is -2.07. The summed E-state index contributed by atoms with van der Waals surface area (Å²) in [5.74, 6) is 0. The van der Waals surface area contributed by atoms with Crippen LogP contribution in [0.25, 0.3) is 0 Å². The SMILES string of the molecule is FC(F)(F)c1nn(CCl)cc1Br. The predicted octanol–water partition coefficient (Wildman–Crippen LogP) is 2.86. The molecule has 0 radical (unpaired) electrons. The van der Waals surface area contributed by atoms with Gasteiger partial charge in [0.1, 0.15) is 6.00 Å². The van der Waals surface area contributed by atoms with E-state index in [1.54, 1.807) is 0 Å². The summed E-state index contributed by atoms with van der Waals surface area (Å²) in [5.41, 5.74) is -0.955. The Kier molecular flexibility index (Phi) is 2.67. The number of hydrogen-bond acceptors (Lipinski definition) is 1. The van der Waals surface area contributed by atoms with Crippen molar-refractivity contribution in [3.63, 3.8) is 0 Å². The van der Waals surface area contributed by atoms with Gasteiger partial charge in [-0.25, -0.2) is 0 Å². The molecule has 0 aliphatic carbocycles. The second-order valence-corrected chi connectivity index (χ2v) is 3.08. The van der Waals surface area contributed by atoms with E-state index in [0.717, 1.165) is 4.68 Å². The molecule has 0 aliphatic heterocycles. The van der Waals surface area contributed by atoms with Gasteiger partial charge in [-0.05, 0) is 15.9 Å². The molecule has 0 unspecified atom stereocenters. The molecule has 1 rings (SSSR count). The van der Waals surface area contributed by atoms with E-state index in [-0.39, 0.29) is 10.5 Å². The number of aromatic nitrogens is 2. The van der Waals surface area contributed by atoms with Crippen molar-refractivity contribution in [3.8, 4) is 0 Å². The van der Waals surface area contributed by atoms with Gasteiger partial charge in [0, 0.05) is 6.20 Å². The number of alkyl halides is 4. The number of hydrogen-bond donors (Lipinski definition) is 0. The zero-order valence-electron chi connectivity index (χ0n) is 5.57. The lowest BCUT2D eigenvalue weighted by molar-refractivity contribution is -0.142. The van der Waals surface area contributed by atoms with Gasteiger partial charge in [-0.2, -0.15) is 18.3 Å². The zero-order valence-corrected chi connectivity index (χ0v) is 7.91. The summed E-state index contributed by atoms with van der Waals surface area (Å²) in [6.45, 7) is 0. The molecule has 7 heteroatoms. The normalized spacial score (nSPS) is 12.1. The topological polar surface area (TPSA) is 17.8 Å². The molecule has 1 aromatic heterocycles. The summed E-state index contributed by atoms with van der Waals surface area (Å²) in [6.07, 6.45) is -3.26. The van der Waals surface area contributed by atoms with Crippen LogP contribution in [0.1, 0.15) is 5.69 Å². The maximum atomic E-state index is 12.0. The molecule has 0 atom stereocenters. The Bertz CT molecular complexity index is 283. The monoisotopic (exact) mass is 262 g/mol. The van der Waals surface area contributed by atoms with Crippen LogP contribution in [0.5, 0.6) is 0 Å². The fourth-order valence-electron chi connectivity index (χ4n) is 0.650. The molecule has 0 aromatic carbocycles. The van der Waals surface area contributed by atoms with Gasteiger partial charge in [-0.3, -0.25) is 4.68 Å². The third kappa shape index (κ3) is 1.92.